The van der Waals surface area contributed by atoms with E-state index < -0.39 is 23.5 Å². The zero-order valence-corrected chi connectivity index (χ0v) is 19.8. The molecule has 0 aliphatic carbocycles. The number of Topliss-reactive ketones (excluding diaryl/α,β-unsaturated/α-hetero) is 1. The number of methoxy groups -OCH3 is 1. The predicted octanol–water partition coefficient (Wildman–Crippen LogP) is 5.84. The fourth-order valence-corrected chi connectivity index (χ4v) is 4.66. The van der Waals surface area contributed by atoms with E-state index in [1.165, 1.54) is 36.3 Å². The lowest BCUT2D eigenvalue weighted by molar-refractivity contribution is -0.132. The number of rotatable bonds is 4. The molecule has 1 unspecified atom stereocenters. The number of aryl methyl sites for hydroxylation is 2. The van der Waals surface area contributed by atoms with Crippen molar-refractivity contribution >= 4 is 39.1 Å². The van der Waals surface area contributed by atoms with Crippen molar-refractivity contribution in [2.45, 2.75) is 19.9 Å². The molecule has 1 fully saturated rings. The van der Waals surface area contributed by atoms with E-state index in [1.807, 2.05) is 19.9 Å². The first-order valence-electron chi connectivity index (χ1n) is 10.2. The van der Waals surface area contributed by atoms with E-state index in [-0.39, 0.29) is 11.3 Å². The van der Waals surface area contributed by atoms with Crippen LogP contribution in [0.1, 0.15) is 28.3 Å². The molecule has 3 aromatic carbocycles. The van der Waals surface area contributed by atoms with Crippen LogP contribution in [-0.2, 0) is 9.59 Å². The minimum Gasteiger partial charge on any atom is -0.507 e. The van der Waals surface area contributed by atoms with Gasteiger partial charge in [-0.15, -0.1) is 0 Å². The Hall–Kier alpha value is -3.45. The van der Waals surface area contributed by atoms with Gasteiger partial charge in [-0.1, -0.05) is 18.2 Å². The molecule has 168 valence electrons. The van der Waals surface area contributed by atoms with Crippen molar-refractivity contribution in [3.63, 3.8) is 0 Å². The van der Waals surface area contributed by atoms with Gasteiger partial charge >= 0.3 is 0 Å². The van der Waals surface area contributed by atoms with E-state index in [1.54, 1.807) is 30.3 Å². The Kier molecular flexibility index (Phi) is 6.08. The highest BCUT2D eigenvalue weighted by molar-refractivity contribution is 9.10. The van der Waals surface area contributed by atoms with E-state index in [0.29, 0.717) is 27.0 Å². The van der Waals surface area contributed by atoms with Crippen molar-refractivity contribution in [1.29, 1.82) is 0 Å². The number of carbonyl (C=O) groups excluding carboxylic acids is 2. The number of hydrogen-bond donors (Lipinski definition) is 1. The molecule has 0 saturated carbocycles. The highest BCUT2D eigenvalue weighted by atomic mass is 79.9. The fraction of sp³-hybridized carbons (Fsp3) is 0.154. The van der Waals surface area contributed by atoms with Gasteiger partial charge < -0.3 is 9.84 Å². The third kappa shape index (κ3) is 4.16. The quantitative estimate of drug-likeness (QED) is 0.272. The Bertz CT molecular complexity index is 1280. The van der Waals surface area contributed by atoms with Crippen LogP contribution in [0.2, 0.25) is 0 Å². The molecular formula is C26H21BrFNO4. The van der Waals surface area contributed by atoms with Gasteiger partial charge in [-0.05, 0) is 88.9 Å². The second-order valence-electron chi connectivity index (χ2n) is 7.92. The molecule has 1 saturated heterocycles. The number of halogens is 2. The number of aliphatic hydroxyl groups excluding tert-OH is 1. The summed E-state index contributed by atoms with van der Waals surface area (Å²) in [6.45, 7) is 3.80. The van der Waals surface area contributed by atoms with Crippen molar-refractivity contribution in [2.75, 3.05) is 12.0 Å². The summed E-state index contributed by atoms with van der Waals surface area (Å²) in [7, 11) is 1.52. The second kappa shape index (κ2) is 8.83. The first-order valence-corrected chi connectivity index (χ1v) is 11.0. The topological polar surface area (TPSA) is 66.8 Å². The van der Waals surface area contributed by atoms with Gasteiger partial charge in [0.15, 0.2) is 0 Å². The second-order valence-corrected chi connectivity index (χ2v) is 8.77. The number of anilines is 1. The summed E-state index contributed by atoms with van der Waals surface area (Å²) in [5, 5.41) is 11.2. The Labute approximate surface area is 199 Å². The smallest absolute Gasteiger partial charge is 0.300 e. The predicted molar refractivity (Wildman–Crippen MR) is 128 cm³/mol. The molecule has 5 nitrogen and oxygen atoms in total. The largest absolute Gasteiger partial charge is 0.507 e. The van der Waals surface area contributed by atoms with E-state index in [0.717, 1.165) is 11.1 Å². The maximum absolute atomic E-state index is 13.7. The normalized spacial score (nSPS) is 17.5. The van der Waals surface area contributed by atoms with Crippen LogP contribution in [0.15, 0.2) is 70.7 Å². The molecule has 1 heterocycles. The SMILES string of the molecule is COc1ccc(/C(O)=C2/C(=O)C(=O)N(c3cc(C)cc(C)c3)C2c2ccc(F)cc2)cc1Br. The van der Waals surface area contributed by atoms with Gasteiger partial charge in [0.25, 0.3) is 11.7 Å². The van der Waals surface area contributed by atoms with Crippen molar-refractivity contribution in [3.05, 3.63) is 98.8 Å². The van der Waals surface area contributed by atoms with E-state index in [2.05, 4.69) is 15.9 Å². The van der Waals surface area contributed by atoms with Gasteiger partial charge in [-0.25, -0.2) is 4.39 Å². The van der Waals surface area contributed by atoms with Crippen LogP contribution in [0.5, 0.6) is 5.75 Å². The van der Waals surface area contributed by atoms with Crippen LogP contribution in [0.3, 0.4) is 0 Å². The van der Waals surface area contributed by atoms with Crippen molar-refractivity contribution < 1.29 is 23.8 Å². The highest BCUT2D eigenvalue weighted by Gasteiger charge is 2.47. The van der Waals surface area contributed by atoms with Gasteiger partial charge in [0.1, 0.15) is 17.3 Å². The van der Waals surface area contributed by atoms with Crippen LogP contribution in [0.4, 0.5) is 10.1 Å². The van der Waals surface area contributed by atoms with Crippen LogP contribution in [-0.4, -0.2) is 23.9 Å². The molecular weight excluding hydrogens is 489 g/mol. The third-order valence-corrected chi connectivity index (χ3v) is 6.16. The zero-order valence-electron chi connectivity index (χ0n) is 18.2. The molecule has 1 aliphatic rings. The monoisotopic (exact) mass is 509 g/mol. The summed E-state index contributed by atoms with van der Waals surface area (Å²) < 4.78 is 19.5. The number of ketones is 1. The molecule has 1 amide bonds. The van der Waals surface area contributed by atoms with Crippen LogP contribution in [0, 0.1) is 19.7 Å². The van der Waals surface area contributed by atoms with Gasteiger partial charge in [-0.2, -0.15) is 0 Å². The van der Waals surface area contributed by atoms with E-state index >= 15 is 0 Å². The van der Waals surface area contributed by atoms with Gasteiger partial charge in [0.2, 0.25) is 0 Å². The average molecular weight is 510 g/mol. The molecule has 7 heteroatoms. The van der Waals surface area contributed by atoms with Gasteiger partial charge in [0.05, 0.1) is 23.2 Å². The molecule has 3 aromatic rings. The summed E-state index contributed by atoms with van der Waals surface area (Å²) >= 11 is 3.38. The Balaban J connectivity index is 1.96. The van der Waals surface area contributed by atoms with Crippen molar-refractivity contribution in [2.24, 2.45) is 0 Å². The van der Waals surface area contributed by atoms with E-state index in [9.17, 15) is 19.1 Å². The lowest BCUT2D eigenvalue weighted by Gasteiger charge is -2.26. The standard InChI is InChI=1S/C26H21BrFNO4/c1-14-10-15(2)12-19(11-14)29-23(16-4-7-18(28)8-5-16)22(25(31)26(29)32)24(30)17-6-9-21(33-3)20(27)13-17/h4-13,23,30H,1-3H3/b24-22-. The van der Waals surface area contributed by atoms with Crippen LogP contribution in [0.25, 0.3) is 5.76 Å². The Morgan fingerprint density at radius 2 is 1.64 bits per heavy atom. The van der Waals surface area contributed by atoms with E-state index in [4.69, 9.17) is 4.74 Å². The Morgan fingerprint density at radius 3 is 2.21 bits per heavy atom. The maximum atomic E-state index is 13.7. The number of benzene rings is 3. The maximum Gasteiger partial charge on any atom is 0.300 e. The first-order chi connectivity index (χ1) is 15.7. The molecule has 0 aromatic heterocycles. The molecule has 4 rings (SSSR count). The fourth-order valence-electron chi connectivity index (χ4n) is 4.12. The summed E-state index contributed by atoms with van der Waals surface area (Å²) in [5.41, 5.74) is 3.14. The van der Waals surface area contributed by atoms with Gasteiger partial charge in [0, 0.05) is 11.3 Å². The lowest BCUT2D eigenvalue weighted by atomic mass is 9.95. The molecule has 0 radical (unpaired) electrons. The molecule has 33 heavy (non-hydrogen) atoms. The molecule has 1 aliphatic heterocycles. The molecule has 1 atom stereocenters. The van der Waals surface area contributed by atoms with Crippen molar-refractivity contribution in [3.8, 4) is 5.75 Å². The lowest BCUT2D eigenvalue weighted by Crippen LogP contribution is -2.29. The number of carbonyl (C=O) groups is 2. The Morgan fingerprint density at radius 1 is 1.00 bits per heavy atom. The number of aliphatic hydroxyl groups is 1. The zero-order chi connectivity index (χ0) is 23.9. The molecule has 1 N–H and O–H groups in total. The number of ether oxygens (including phenoxy) is 1. The molecule has 0 spiro atoms. The first kappa shape index (κ1) is 22.7. The highest BCUT2D eigenvalue weighted by Crippen LogP contribution is 2.43. The minimum absolute atomic E-state index is 0.0668. The van der Waals surface area contributed by atoms with Crippen LogP contribution >= 0.6 is 15.9 Å². The number of nitrogens with zero attached hydrogens (tertiary/aromatic N) is 1. The summed E-state index contributed by atoms with van der Waals surface area (Å²) in [6.07, 6.45) is 0. The minimum atomic E-state index is -0.923. The summed E-state index contributed by atoms with van der Waals surface area (Å²) in [5.74, 6) is -1.78. The number of hydrogen-bond acceptors (Lipinski definition) is 4. The third-order valence-electron chi connectivity index (χ3n) is 5.54. The average Bonchev–Trinajstić information content (AvgIpc) is 3.03. The number of amides is 1. The summed E-state index contributed by atoms with van der Waals surface area (Å²) in [4.78, 5) is 27.8. The molecule has 0 bridgehead atoms. The summed E-state index contributed by atoms with van der Waals surface area (Å²) in [6, 6.07) is 15.1. The van der Waals surface area contributed by atoms with Gasteiger partial charge in [-0.3, -0.25) is 14.5 Å². The van der Waals surface area contributed by atoms with Crippen LogP contribution < -0.4 is 9.64 Å². The van der Waals surface area contributed by atoms with Crippen molar-refractivity contribution in [1.82, 2.24) is 0 Å².